The molecule has 9 nitrogen and oxygen atoms in total. The number of benzene rings is 1. The van der Waals surface area contributed by atoms with Gasteiger partial charge in [-0.1, -0.05) is 17.4 Å². The molecular formula is C29H28F5N7O2S. The molecule has 1 fully saturated rings. The summed E-state index contributed by atoms with van der Waals surface area (Å²) in [7, 11) is 1.92. The largest absolute Gasteiger partial charge is 0.417 e. The van der Waals surface area contributed by atoms with E-state index >= 15 is 8.78 Å². The SMILES string of the molecule is C[C@@H]1CN(c2cc(F)c(C3=CCN(c4ncc(C#N)s4)CC3)c(F)c2NC(=O)c2c[nH]c(=O)cc2C(F)(F)F)C[C@H](C)N1C. The van der Waals surface area contributed by atoms with Crippen molar-refractivity contribution in [3.8, 4) is 6.07 Å². The Morgan fingerprint density at radius 3 is 2.48 bits per heavy atom. The second-order valence-corrected chi connectivity index (χ2v) is 11.8. The summed E-state index contributed by atoms with van der Waals surface area (Å²) in [5, 5.41) is 12.0. The van der Waals surface area contributed by atoms with Crippen molar-refractivity contribution in [1.82, 2.24) is 14.9 Å². The summed E-state index contributed by atoms with van der Waals surface area (Å²) < 4.78 is 73.5. The number of carbonyl (C=O) groups is 1. The predicted molar refractivity (Wildman–Crippen MR) is 157 cm³/mol. The number of carbonyl (C=O) groups excluding carboxylic acids is 1. The maximum absolute atomic E-state index is 16.5. The number of alkyl halides is 3. The molecule has 0 spiro atoms. The first-order valence-corrected chi connectivity index (χ1v) is 14.5. The van der Waals surface area contributed by atoms with Crippen LogP contribution in [-0.4, -0.2) is 66.1 Å². The van der Waals surface area contributed by atoms with Crippen LogP contribution in [0.2, 0.25) is 0 Å². The smallest absolute Gasteiger partial charge is 0.367 e. The minimum absolute atomic E-state index is 0.00765. The lowest BCUT2D eigenvalue weighted by molar-refractivity contribution is -0.138. The average molecular weight is 634 g/mol. The summed E-state index contributed by atoms with van der Waals surface area (Å²) in [4.78, 5) is 37.3. The van der Waals surface area contributed by atoms with E-state index in [9.17, 15) is 22.8 Å². The van der Waals surface area contributed by atoms with Crippen LogP contribution < -0.4 is 20.7 Å². The van der Waals surface area contributed by atoms with Crippen molar-refractivity contribution < 1.29 is 26.7 Å². The third kappa shape index (κ3) is 6.04. The van der Waals surface area contributed by atoms with Crippen LogP contribution in [0.5, 0.6) is 0 Å². The zero-order valence-electron chi connectivity index (χ0n) is 23.9. The molecule has 15 heteroatoms. The number of hydrogen-bond donors (Lipinski definition) is 2. The maximum Gasteiger partial charge on any atom is 0.417 e. The fraction of sp³-hybridized carbons (Fsp3) is 0.379. The number of hydrogen-bond acceptors (Lipinski definition) is 8. The number of aromatic nitrogens is 2. The molecular weight excluding hydrogens is 605 g/mol. The fourth-order valence-electron chi connectivity index (χ4n) is 5.48. The molecule has 2 N–H and O–H groups in total. The average Bonchev–Trinajstić information content (AvgIpc) is 3.46. The number of rotatable bonds is 5. The topological polar surface area (TPSA) is 108 Å². The number of nitrogens with one attached hydrogen (secondary N) is 2. The molecule has 2 aromatic heterocycles. The van der Waals surface area contributed by atoms with Gasteiger partial charge in [0.2, 0.25) is 5.56 Å². The third-order valence-corrected chi connectivity index (χ3v) is 8.98. The molecule has 3 aromatic rings. The highest BCUT2D eigenvalue weighted by Crippen LogP contribution is 2.40. The highest BCUT2D eigenvalue weighted by Gasteiger charge is 2.37. The van der Waals surface area contributed by atoms with E-state index < -0.39 is 51.7 Å². The molecule has 5 rings (SSSR count). The molecule has 2 aliphatic rings. The van der Waals surface area contributed by atoms with Crippen LogP contribution in [0.4, 0.5) is 38.5 Å². The Hall–Kier alpha value is -4.29. The van der Waals surface area contributed by atoms with E-state index in [2.05, 4.69) is 20.2 Å². The molecule has 0 saturated carbocycles. The second-order valence-electron chi connectivity index (χ2n) is 10.8. The van der Waals surface area contributed by atoms with E-state index in [0.29, 0.717) is 41.4 Å². The van der Waals surface area contributed by atoms with Gasteiger partial charge < -0.3 is 20.1 Å². The van der Waals surface area contributed by atoms with Gasteiger partial charge in [-0.25, -0.2) is 13.8 Å². The minimum Gasteiger partial charge on any atom is -0.367 e. The fourth-order valence-corrected chi connectivity index (χ4v) is 6.23. The van der Waals surface area contributed by atoms with Gasteiger partial charge in [0.25, 0.3) is 5.91 Å². The quantitative estimate of drug-likeness (QED) is 0.378. The molecule has 4 heterocycles. The lowest BCUT2D eigenvalue weighted by Gasteiger charge is -2.44. The van der Waals surface area contributed by atoms with Crippen LogP contribution in [0.3, 0.4) is 0 Å². The molecule has 0 unspecified atom stereocenters. The van der Waals surface area contributed by atoms with Gasteiger partial charge in [-0.05, 0) is 32.9 Å². The first kappa shape index (κ1) is 31.1. The van der Waals surface area contributed by atoms with E-state index in [1.807, 2.05) is 31.9 Å². The van der Waals surface area contributed by atoms with Crippen LogP contribution >= 0.6 is 11.3 Å². The predicted octanol–water partition coefficient (Wildman–Crippen LogP) is 5.07. The third-order valence-electron chi connectivity index (χ3n) is 8.02. The molecule has 1 amide bonds. The summed E-state index contributed by atoms with van der Waals surface area (Å²) >= 11 is 1.19. The Balaban J connectivity index is 1.56. The number of anilines is 3. The van der Waals surface area contributed by atoms with Crippen molar-refractivity contribution >= 4 is 39.3 Å². The van der Waals surface area contributed by atoms with E-state index in [0.717, 1.165) is 6.07 Å². The van der Waals surface area contributed by atoms with Gasteiger partial charge in [0.05, 0.1) is 28.6 Å². The van der Waals surface area contributed by atoms with Crippen molar-refractivity contribution in [2.75, 3.05) is 48.3 Å². The number of nitriles is 1. The highest BCUT2D eigenvalue weighted by molar-refractivity contribution is 7.16. The maximum atomic E-state index is 16.5. The van der Waals surface area contributed by atoms with Crippen molar-refractivity contribution in [3.05, 3.63) is 74.2 Å². The van der Waals surface area contributed by atoms with Crippen molar-refractivity contribution in [3.63, 3.8) is 0 Å². The number of likely N-dealkylation sites (N-methyl/N-ethyl adjacent to an activating group) is 1. The van der Waals surface area contributed by atoms with Crippen LogP contribution in [-0.2, 0) is 6.18 Å². The van der Waals surface area contributed by atoms with E-state index in [-0.39, 0.29) is 36.8 Å². The zero-order valence-corrected chi connectivity index (χ0v) is 24.7. The van der Waals surface area contributed by atoms with Crippen LogP contribution in [0.25, 0.3) is 5.57 Å². The summed E-state index contributed by atoms with van der Waals surface area (Å²) in [5.41, 5.74) is -4.01. The number of H-pyrrole nitrogens is 1. The van der Waals surface area contributed by atoms with Crippen LogP contribution in [0.15, 0.2) is 35.4 Å². The summed E-state index contributed by atoms with van der Waals surface area (Å²) in [6.07, 6.45) is -1.16. The van der Waals surface area contributed by atoms with Gasteiger partial charge in [0.1, 0.15) is 22.5 Å². The Morgan fingerprint density at radius 2 is 1.89 bits per heavy atom. The monoisotopic (exact) mass is 633 g/mol. The van der Waals surface area contributed by atoms with Gasteiger partial charge in [-0.3, -0.25) is 14.5 Å². The lowest BCUT2D eigenvalue weighted by atomic mass is 9.96. The first-order chi connectivity index (χ1) is 20.8. The van der Waals surface area contributed by atoms with Crippen LogP contribution in [0, 0.1) is 23.0 Å². The van der Waals surface area contributed by atoms with Gasteiger partial charge in [-0.2, -0.15) is 18.4 Å². The molecule has 0 aliphatic carbocycles. The first-order valence-electron chi connectivity index (χ1n) is 13.7. The second kappa shape index (κ2) is 12.0. The molecule has 0 bridgehead atoms. The number of nitrogens with zero attached hydrogens (tertiary/aromatic N) is 5. The van der Waals surface area contributed by atoms with E-state index in [1.165, 1.54) is 17.5 Å². The van der Waals surface area contributed by atoms with Crippen molar-refractivity contribution in [2.24, 2.45) is 0 Å². The van der Waals surface area contributed by atoms with Crippen molar-refractivity contribution in [2.45, 2.75) is 38.5 Å². The molecule has 1 aromatic carbocycles. The number of halogens is 5. The number of amides is 1. The van der Waals surface area contributed by atoms with Crippen molar-refractivity contribution in [1.29, 1.82) is 5.26 Å². The van der Waals surface area contributed by atoms with E-state index in [1.54, 1.807) is 11.0 Å². The zero-order chi connectivity index (χ0) is 31.9. The van der Waals surface area contributed by atoms with Gasteiger partial charge in [0, 0.05) is 56.6 Å². The molecule has 44 heavy (non-hydrogen) atoms. The Bertz CT molecular complexity index is 1720. The standard InChI is InChI=1S/C29H28F5N7O2S/c1-15-13-41(14-16(2)39(15)3)22-9-21(30)24(17-4-6-40(7-5-17)28-37-11-18(10-35)44-28)25(31)26(22)38-27(43)19-12-36-23(42)8-20(19)29(32,33)34/h4,8-9,11-12,15-16H,5-7,13-14H2,1-3H3,(H,36,42)(H,38,43)/t15-,16+. The van der Waals surface area contributed by atoms with Crippen LogP contribution in [0.1, 0.15) is 46.6 Å². The Labute approximate surface area is 253 Å². The molecule has 2 atom stereocenters. The number of piperazine rings is 1. The lowest BCUT2D eigenvalue weighted by Crippen LogP contribution is -2.55. The molecule has 0 radical (unpaired) electrons. The number of aromatic amines is 1. The van der Waals surface area contributed by atoms with E-state index in [4.69, 9.17) is 5.26 Å². The Kier molecular flexibility index (Phi) is 8.50. The normalized spacial score (nSPS) is 19.5. The number of thiazole rings is 1. The summed E-state index contributed by atoms with van der Waals surface area (Å²) in [5.74, 6) is -3.32. The minimum atomic E-state index is -5.04. The Morgan fingerprint density at radius 1 is 1.18 bits per heavy atom. The molecule has 2 aliphatic heterocycles. The number of pyridine rings is 1. The van der Waals surface area contributed by atoms with Gasteiger partial charge in [0.15, 0.2) is 10.9 Å². The van der Waals surface area contributed by atoms with Gasteiger partial charge >= 0.3 is 6.18 Å². The molecule has 1 saturated heterocycles. The summed E-state index contributed by atoms with van der Waals surface area (Å²) in [6, 6.07) is 3.30. The van der Waals surface area contributed by atoms with Gasteiger partial charge in [-0.15, -0.1) is 0 Å². The highest BCUT2D eigenvalue weighted by atomic mass is 32.1. The molecule has 232 valence electrons. The summed E-state index contributed by atoms with van der Waals surface area (Å²) in [6.45, 7) is 5.12.